The van der Waals surface area contributed by atoms with E-state index in [1.807, 2.05) is 0 Å². The molecule has 1 amide bonds. The summed E-state index contributed by atoms with van der Waals surface area (Å²) >= 11 is 0. The Balaban J connectivity index is 2.02. The summed E-state index contributed by atoms with van der Waals surface area (Å²) in [6.45, 7) is 0. The third-order valence-electron chi connectivity index (χ3n) is 2.56. The molecule has 0 saturated carbocycles. The van der Waals surface area contributed by atoms with Gasteiger partial charge in [0.25, 0.3) is 5.91 Å². The fraction of sp³-hybridized carbons (Fsp3) is 0.167. The Labute approximate surface area is 117 Å². The smallest absolute Gasteiger partial charge is 0.306 e. The van der Waals surface area contributed by atoms with E-state index in [2.05, 4.69) is 20.8 Å². The van der Waals surface area contributed by atoms with Gasteiger partial charge in [-0.05, 0) is 12.1 Å². The lowest BCUT2D eigenvalue weighted by Gasteiger charge is -2.00. The molecule has 0 spiro atoms. The third-order valence-corrected chi connectivity index (χ3v) is 2.56. The van der Waals surface area contributed by atoms with E-state index in [1.54, 1.807) is 0 Å². The van der Waals surface area contributed by atoms with E-state index in [-0.39, 0.29) is 11.5 Å². The number of amides is 1. The van der Waals surface area contributed by atoms with Crippen LogP contribution >= 0.6 is 0 Å². The Kier molecular flexibility index (Phi) is 4.21. The average Bonchev–Trinajstić information content (AvgIpc) is 2.73. The monoisotopic (exact) mass is 296 g/mol. The molecular weight excluding hydrogens is 286 g/mol. The second-order valence-corrected chi connectivity index (χ2v) is 4.09. The second kappa shape index (κ2) is 6.07. The van der Waals surface area contributed by atoms with Gasteiger partial charge in [-0.1, -0.05) is 6.07 Å². The molecule has 21 heavy (non-hydrogen) atoms. The number of carbonyl (C=O) groups is 2. The summed E-state index contributed by atoms with van der Waals surface area (Å²) in [5.41, 5.74) is 1.93. The van der Waals surface area contributed by atoms with Crippen LogP contribution in [0.1, 0.15) is 12.0 Å². The Bertz CT molecular complexity index is 625. The highest BCUT2D eigenvalue weighted by molar-refractivity contribution is 6.06. The molecule has 1 aliphatic heterocycles. The minimum absolute atomic E-state index is 0.0840. The van der Waals surface area contributed by atoms with Gasteiger partial charge in [-0.25, -0.2) is 19.2 Å². The predicted octanol–water partition coefficient (Wildman–Crippen LogP) is 0.217. The summed E-state index contributed by atoms with van der Waals surface area (Å²) in [7, 11) is 0. The molecule has 1 heterocycles. The largest absolute Gasteiger partial charge is 0.481 e. The van der Waals surface area contributed by atoms with Crippen molar-refractivity contribution in [1.82, 2.24) is 10.7 Å². The number of halogens is 2. The highest BCUT2D eigenvalue weighted by Gasteiger charge is 2.28. The lowest BCUT2D eigenvalue weighted by molar-refractivity contribution is -0.139. The van der Waals surface area contributed by atoms with Crippen LogP contribution < -0.4 is 10.7 Å². The summed E-state index contributed by atoms with van der Waals surface area (Å²) in [6, 6.07) is 2.31. The van der Waals surface area contributed by atoms with Crippen molar-refractivity contribution in [3.05, 3.63) is 35.4 Å². The number of carbonyl (C=O) groups excluding carboxylic acids is 1. The van der Waals surface area contributed by atoms with Gasteiger partial charge in [0.1, 0.15) is 17.7 Å². The minimum Gasteiger partial charge on any atom is -0.481 e. The van der Waals surface area contributed by atoms with Gasteiger partial charge < -0.3 is 5.11 Å². The number of aliphatic imine (C=N–C) groups is 1. The molecule has 2 rings (SSSR count). The summed E-state index contributed by atoms with van der Waals surface area (Å²) in [5.74, 6) is -3.42. The maximum absolute atomic E-state index is 13.3. The van der Waals surface area contributed by atoms with E-state index in [4.69, 9.17) is 5.11 Å². The SMILES string of the molecule is O=C(O)CC1N=C(NN=Cc2c(F)cccc2F)NC1=O. The van der Waals surface area contributed by atoms with Crippen LogP contribution in [0.5, 0.6) is 0 Å². The van der Waals surface area contributed by atoms with Crippen LogP contribution in [0.4, 0.5) is 8.78 Å². The fourth-order valence-corrected chi connectivity index (χ4v) is 1.60. The number of rotatable bonds is 4. The Morgan fingerprint density at radius 3 is 2.76 bits per heavy atom. The summed E-state index contributed by atoms with van der Waals surface area (Å²) in [5, 5.41) is 14.4. The van der Waals surface area contributed by atoms with Crippen LogP contribution in [-0.2, 0) is 9.59 Å². The van der Waals surface area contributed by atoms with Crippen LogP contribution in [0.25, 0.3) is 0 Å². The van der Waals surface area contributed by atoms with E-state index in [1.165, 1.54) is 6.07 Å². The van der Waals surface area contributed by atoms with Crippen LogP contribution in [0.15, 0.2) is 28.3 Å². The highest BCUT2D eigenvalue weighted by Crippen LogP contribution is 2.09. The van der Waals surface area contributed by atoms with Crippen LogP contribution in [0, 0.1) is 11.6 Å². The second-order valence-electron chi connectivity index (χ2n) is 4.09. The number of aliphatic carboxylic acids is 1. The van der Waals surface area contributed by atoms with Gasteiger partial charge in [-0.15, -0.1) is 0 Å². The Hall–Kier alpha value is -2.84. The lowest BCUT2D eigenvalue weighted by Crippen LogP contribution is -2.35. The molecular formula is C12H10F2N4O3. The molecule has 1 unspecified atom stereocenters. The van der Waals surface area contributed by atoms with Crippen molar-refractivity contribution in [2.75, 3.05) is 0 Å². The Morgan fingerprint density at radius 1 is 1.48 bits per heavy atom. The van der Waals surface area contributed by atoms with E-state index in [9.17, 15) is 18.4 Å². The number of hydrogen-bond donors (Lipinski definition) is 3. The van der Waals surface area contributed by atoms with Gasteiger partial charge >= 0.3 is 5.97 Å². The quantitative estimate of drug-likeness (QED) is 0.546. The summed E-state index contributed by atoms with van der Waals surface area (Å²) in [4.78, 5) is 25.6. The molecule has 0 bridgehead atoms. The molecule has 7 nitrogen and oxygen atoms in total. The minimum atomic E-state index is -1.17. The molecule has 1 aromatic rings. The van der Waals surface area contributed by atoms with Gasteiger partial charge in [0.05, 0.1) is 18.2 Å². The average molecular weight is 296 g/mol. The molecule has 1 atom stereocenters. The summed E-state index contributed by atoms with van der Waals surface area (Å²) < 4.78 is 26.6. The fourth-order valence-electron chi connectivity index (χ4n) is 1.60. The first-order valence-electron chi connectivity index (χ1n) is 5.81. The molecule has 9 heteroatoms. The van der Waals surface area contributed by atoms with Crippen LogP contribution in [-0.4, -0.2) is 35.2 Å². The van der Waals surface area contributed by atoms with Crippen molar-refractivity contribution in [2.24, 2.45) is 10.1 Å². The maximum Gasteiger partial charge on any atom is 0.306 e. The predicted molar refractivity (Wildman–Crippen MR) is 68.7 cm³/mol. The molecule has 3 N–H and O–H groups in total. The lowest BCUT2D eigenvalue weighted by atomic mass is 10.2. The number of carboxylic acids is 1. The zero-order chi connectivity index (χ0) is 15.4. The van der Waals surface area contributed by atoms with Crippen molar-refractivity contribution in [3.63, 3.8) is 0 Å². The normalized spacial score (nSPS) is 17.7. The topological polar surface area (TPSA) is 103 Å². The van der Waals surface area contributed by atoms with Crippen LogP contribution in [0.2, 0.25) is 0 Å². The highest BCUT2D eigenvalue weighted by atomic mass is 19.1. The standard InChI is InChI=1S/C12H10F2N4O3/c13-7-2-1-3-8(14)6(7)5-15-18-12-16-9(4-10(19)20)11(21)17-12/h1-3,5,9H,4H2,(H,19,20)(H2,16,17,18,21). The van der Waals surface area contributed by atoms with Crippen molar-refractivity contribution >= 4 is 24.1 Å². The molecule has 0 fully saturated rings. The van der Waals surface area contributed by atoms with Gasteiger partial charge in [-0.3, -0.25) is 14.9 Å². The Morgan fingerprint density at radius 2 is 2.14 bits per heavy atom. The number of hydrogen-bond acceptors (Lipinski definition) is 5. The van der Waals surface area contributed by atoms with Gasteiger partial charge in [0.2, 0.25) is 5.96 Å². The zero-order valence-electron chi connectivity index (χ0n) is 10.5. The molecule has 1 aromatic carbocycles. The van der Waals surface area contributed by atoms with Gasteiger partial charge in [0.15, 0.2) is 0 Å². The van der Waals surface area contributed by atoms with E-state index >= 15 is 0 Å². The van der Waals surface area contributed by atoms with Gasteiger partial charge in [-0.2, -0.15) is 5.10 Å². The van der Waals surface area contributed by atoms with Crippen molar-refractivity contribution in [3.8, 4) is 0 Å². The molecule has 0 aliphatic carbocycles. The molecule has 0 aromatic heterocycles. The number of guanidine groups is 1. The number of benzene rings is 1. The van der Waals surface area contributed by atoms with Crippen molar-refractivity contribution in [2.45, 2.75) is 12.5 Å². The number of nitrogens with zero attached hydrogens (tertiary/aromatic N) is 2. The van der Waals surface area contributed by atoms with E-state index < -0.39 is 36.0 Å². The first-order chi connectivity index (χ1) is 9.97. The summed E-state index contributed by atoms with van der Waals surface area (Å²) in [6.07, 6.45) is 0.437. The molecule has 0 radical (unpaired) electrons. The number of nitrogens with one attached hydrogen (secondary N) is 2. The molecule has 110 valence electrons. The zero-order valence-corrected chi connectivity index (χ0v) is 10.5. The first kappa shape index (κ1) is 14.6. The van der Waals surface area contributed by atoms with Crippen LogP contribution in [0.3, 0.4) is 0 Å². The molecule has 1 aliphatic rings. The first-order valence-corrected chi connectivity index (χ1v) is 5.81. The van der Waals surface area contributed by atoms with Crippen molar-refractivity contribution < 1.29 is 23.5 Å². The molecule has 0 saturated heterocycles. The number of carboxylic acid groups (broad SMARTS) is 1. The van der Waals surface area contributed by atoms with E-state index in [0.717, 1.165) is 18.3 Å². The van der Waals surface area contributed by atoms with Gasteiger partial charge in [0, 0.05) is 0 Å². The number of hydrazone groups is 1. The van der Waals surface area contributed by atoms with E-state index in [0.29, 0.717) is 0 Å². The third kappa shape index (κ3) is 3.59. The van der Waals surface area contributed by atoms with Crippen molar-refractivity contribution in [1.29, 1.82) is 0 Å². The maximum atomic E-state index is 13.3.